The van der Waals surface area contributed by atoms with Crippen LogP contribution in [-0.2, 0) is 38.2 Å². The molecular formula is C45H49F3N6O5S. The van der Waals surface area contributed by atoms with Gasteiger partial charge >= 0.3 is 6.18 Å². The van der Waals surface area contributed by atoms with Crippen molar-refractivity contribution in [3.63, 3.8) is 0 Å². The summed E-state index contributed by atoms with van der Waals surface area (Å²) in [6.07, 6.45) is 1.07. The van der Waals surface area contributed by atoms with Crippen LogP contribution in [0.4, 0.5) is 24.5 Å². The molecule has 0 aromatic heterocycles. The average molecular weight is 843 g/mol. The number of rotatable bonds is 13. The lowest BCUT2D eigenvalue weighted by Gasteiger charge is -2.34. The van der Waals surface area contributed by atoms with Crippen molar-refractivity contribution in [3.05, 3.63) is 88.5 Å². The van der Waals surface area contributed by atoms with E-state index in [9.17, 15) is 37.6 Å². The summed E-state index contributed by atoms with van der Waals surface area (Å²) in [6, 6.07) is 18.3. The third kappa shape index (κ3) is 9.41. The van der Waals surface area contributed by atoms with E-state index in [-0.39, 0.29) is 40.2 Å². The molecule has 11 nitrogen and oxygen atoms in total. The minimum Gasteiger partial charge on any atom is -0.492 e. The number of carbonyl (C=O) groups is 4. The molecule has 7 rings (SSSR count). The first-order valence-electron chi connectivity index (χ1n) is 20.6. The van der Waals surface area contributed by atoms with Crippen molar-refractivity contribution in [2.24, 2.45) is 5.92 Å². The molecular weight excluding hydrogens is 794 g/mol. The van der Waals surface area contributed by atoms with Crippen LogP contribution in [0, 0.1) is 17.2 Å². The van der Waals surface area contributed by atoms with Crippen LogP contribution >= 0.6 is 12.2 Å². The number of amides is 3. The van der Waals surface area contributed by atoms with Crippen LogP contribution in [0.1, 0.15) is 86.1 Å². The number of carbonyl (C=O) groups excluding carboxylic acids is 4. The lowest BCUT2D eigenvalue weighted by atomic mass is 9.90. The average Bonchev–Trinajstić information content (AvgIpc) is 3.80. The number of piperidine rings is 1. The molecule has 3 aromatic carbocycles. The molecule has 60 heavy (non-hydrogen) atoms. The summed E-state index contributed by atoms with van der Waals surface area (Å²) in [5.74, 6) is -0.0575. The van der Waals surface area contributed by atoms with Gasteiger partial charge in [0.15, 0.2) is 10.9 Å². The lowest BCUT2D eigenvalue weighted by Crippen LogP contribution is -2.48. The lowest BCUT2D eigenvalue weighted by molar-refractivity contribution is -0.138. The Bertz CT molecular complexity index is 2210. The van der Waals surface area contributed by atoms with Gasteiger partial charge in [-0.25, -0.2) is 0 Å². The van der Waals surface area contributed by atoms with E-state index in [0.29, 0.717) is 51.1 Å². The number of halogens is 3. The maximum absolute atomic E-state index is 13.9. The molecule has 15 heteroatoms. The Labute approximate surface area is 353 Å². The van der Waals surface area contributed by atoms with Crippen molar-refractivity contribution >= 4 is 52.2 Å². The number of Topliss-reactive ketones (excluding diaryl/α,β-unsaturated/α-hetero) is 1. The Morgan fingerprint density at radius 3 is 2.33 bits per heavy atom. The van der Waals surface area contributed by atoms with Crippen molar-refractivity contribution in [1.29, 1.82) is 5.26 Å². The van der Waals surface area contributed by atoms with E-state index in [1.54, 1.807) is 24.8 Å². The predicted molar refractivity (Wildman–Crippen MR) is 224 cm³/mol. The molecule has 1 aliphatic carbocycles. The number of nitrogens with zero attached hydrogens (tertiary/aromatic N) is 5. The first-order valence-corrected chi connectivity index (χ1v) is 21.0. The van der Waals surface area contributed by atoms with E-state index in [4.69, 9.17) is 17.0 Å². The summed E-state index contributed by atoms with van der Waals surface area (Å²) in [7, 11) is 0. The fourth-order valence-electron chi connectivity index (χ4n) is 8.89. The summed E-state index contributed by atoms with van der Waals surface area (Å²) in [5, 5.41) is 11.8. The standard InChI is InChI=1S/C45H49F3N6O5S/c1-44(2)42(58)53(34-12-10-33(27-49)38(26-34)45(46,47)48)43(60)54(44)35-13-14-39(37(25-35)31-8-3-4-9-31)59-21-20-51-16-18-52(19-17-51)28-36(55)24-30-7-5-6-29(22-30)23-32-11-15-40(56)50-41(32)57/h5-7,10,12-14,22,25-26,31-32H,3-4,8-9,11,15-21,23-24,28H2,1-2H3,(H,50,56,57). The highest BCUT2D eigenvalue weighted by atomic mass is 32.1. The molecule has 1 atom stereocenters. The van der Waals surface area contributed by atoms with Gasteiger partial charge in [0.2, 0.25) is 11.8 Å². The normalized spacial score (nSPS) is 20.4. The van der Waals surface area contributed by atoms with Crippen molar-refractivity contribution in [2.75, 3.05) is 55.7 Å². The van der Waals surface area contributed by atoms with E-state index < -0.39 is 28.7 Å². The van der Waals surface area contributed by atoms with Crippen LogP contribution < -0.4 is 19.9 Å². The van der Waals surface area contributed by atoms with Crippen LogP contribution in [0.2, 0.25) is 0 Å². The summed E-state index contributed by atoms with van der Waals surface area (Å²) in [5.41, 5.74) is 0.621. The highest BCUT2D eigenvalue weighted by Crippen LogP contribution is 2.44. The minimum absolute atomic E-state index is 0.0472. The molecule has 4 fully saturated rings. The van der Waals surface area contributed by atoms with Crippen LogP contribution in [-0.4, -0.2) is 89.8 Å². The van der Waals surface area contributed by atoms with Gasteiger partial charge < -0.3 is 9.64 Å². The predicted octanol–water partition coefficient (Wildman–Crippen LogP) is 6.55. The maximum Gasteiger partial charge on any atom is 0.417 e. The number of thiocarbonyl (C=S) groups is 1. The largest absolute Gasteiger partial charge is 0.492 e. The molecule has 3 saturated heterocycles. The molecule has 3 heterocycles. The van der Waals surface area contributed by atoms with Crippen molar-refractivity contribution in [3.8, 4) is 11.8 Å². The zero-order chi connectivity index (χ0) is 42.8. The van der Waals surface area contributed by atoms with Gasteiger partial charge in [-0.15, -0.1) is 0 Å². The van der Waals surface area contributed by atoms with Crippen molar-refractivity contribution in [2.45, 2.75) is 82.8 Å². The zero-order valence-corrected chi connectivity index (χ0v) is 34.7. The summed E-state index contributed by atoms with van der Waals surface area (Å²) in [6.45, 7) is 7.99. The van der Waals surface area contributed by atoms with Crippen LogP contribution in [0.3, 0.4) is 0 Å². The molecule has 0 radical (unpaired) electrons. The Hall–Kier alpha value is -5.17. The van der Waals surface area contributed by atoms with Gasteiger partial charge in [0, 0.05) is 57.2 Å². The first kappa shape index (κ1) is 42.9. The molecule has 316 valence electrons. The molecule has 3 aliphatic heterocycles. The zero-order valence-electron chi connectivity index (χ0n) is 33.9. The highest BCUT2D eigenvalue weighted by Gasteiger charge is 2.51. The molecule has 0 spiro atoms. The quantitative estimate of drug-likeness (QED) is 0.150. The van der Waals surface area contributed by atoms with Crippen LogP contribution in [0.25, 0.3) is 0 Å². The fourth-order valence-corrected chi connectivity index (χ4v) is 9.42. The second kappa shape index (κ2) is 17.8. The number of hydrogen-bond donors (Lipinski definition) is 1. The first-order chi connectivity index (χ1) is 28.6. The minimum atomic E-state index is -4.79. The summed E-state index contributed by atoms with van der Waals surface area (Å²) >= 11 is 5.81. The third-order valence-electron chi connectivity index (χ3n) is 12.2. The summed E-state index contributed by atoms with van der Waals surface area (Å²) in [4.78, 5) is 58.0. The van der Waals surface area contributed by atoms with Crippen LogP contribution in [0.5, 0.6) is 5.75 Å². The van der Waals surface area contributed by atoms with Gasteiger partial charge in [0.05, 0.1) is 29.4 Å². The Kier molecular flexibility index (Phi) is 12.7. The number of nitriles is 1. The van der Waals surface area contributed by atoms with E-state index in [1.165, 1.54) is 6.07 Å². The number of nitrogens with one attached hydrogen (secondary N) is 1. The van der Waals surface area contributed by atoms with Gasteiger partial charge in [-0.3, -0.25) is 39.2 Å². The van der Waals surface area contributed by atoms with Crippen molar-refractivity contribution in [1.82, 2.24) is 15.1 Å². The Morgan fingerprint density at radius 2 is 1.63 bits per heavy atom. The number of anilines is 2. The number of imide groups is 1. The molecule has 1 saturated carbocycles. The fraction of sp³-hybridized carbons (Fsp3) is 0.467. The number of benzene rings is 3. The summed E-state index contributed by atoms with van der Waals surface area (Å²) < 4.78 is 48.0. The van der Waals surface area contributed by atoms with Gasteiger partial charge in [-0.1, -0.05) is 37.1 Å². The molecule has 1 unspecified atom stereocenters. The number of alkyl halides is 3. The Balaban J connectivity index is 0.941. The number of ether oxygens (including phenoxy) is 1. The van der Waals surface area contributed by atoms with Gasteiger partial charge in [0.25, 0.3) is 5.91 Å². The maximum atomic E-state index is 13.9. The van der Waals surface area contributed by atoms with Gasteiger partial charge in [-0.05, 0) is 111 Å². The molecule has 3 aromatic rings. The third-order valence-corrected chi connectivity index (χ3v) is 12.5. The smallest absolute Gasteiger partial charge is 0.417 e. The Morgan fingerprint density at radius 1 is 0.933 bits per heavy atom. The molecule has 0 bridgehead atoms. The van der Waals surface area contributed by atoms with Gasteiger partial charge in [0.1, 0.15) is 17.9 Å². The highest BCUT2D eigenvalue weighted by molar-refractivity contribution is 7.81. The van der Waals surface area contributed by atoms with E-state index in [1.807, 2.05) is 42.5 Å². The monoisotopic (exact) mass is 842 g/mol. The van der Waals surface area contributed by atoms with E-state index >= 15 is 0 Å². The number of ketones is 1. The number of hydrogen-bond acceptors (Lipinski definition) is 9. The molecule has 1 N–H and O–H groups in total. The van der Waals surface area contributed by atoms with Gasteiger partial charge in [-0.2, -0.15) is 18.4 Å². The molecule has 3 amide bonds. The number of piperazine rings is 1. The van der Waals surface area contributed by atoms with E-state index in [2.05, 4.69) is 15.1 Å². The van der Waals surface area contributed by atoms with Crippen LogP contribution in [0.15, 0.2) is 60.7 Å². The SMILES string of the molecule is CC1(C)C(=O)N(c2ccc(C#N)c(C(F)(F)F)c2)C(=S)N1c1ccc(OCCN2CCN(CC(=O)Cc3cccc(CC4CCC(=O)NC4=O)c3)CC2)c(C2CCCC2)c1. The topological polar surface area (TPSA) is 126 Å². The van der Waals surface area contributed by atoms with E-state index in [0.717, 1.165) is 91.3 Å². The van der Waals surface area contributed by atoms with Crippen molar-refractivity contribution < 1.29 is 37.1 Å². The molecule has 4 aliphatic rings. The second-order valence-electron chi connectivity index (χ2n) is 16.7. The second-order valence-corrected chi connectivity index (χ2v) is 17.1.